The maximum absolute atomic E-state index is 13.2. The van der Waals surface area contributed by atoms with Gasteiger partial charge in [0.2, 0.25) is 0 Å². The molecule has 3 nitrogen and oxygen atoms in total. The largest absolute Gasteiger partial charge is 0.383 e. The van der Waals surface area contributed by atoms with E-state index in [4.69, 9.17) is 4.74 Å². The summed E-state index contributed by atoms with van der Waals surface area (Å²) in [5.41, 5.74) is 2.34. The Balaban J connectivity index is 1.74. The number of benzene rings is 1. The van der Waals surface area contributed by atoms with Gasteiger partial charge in [0.15, 0.2) is 0 Å². The number of nitrogens with one attached hydrogen (secondary N) is 1. The highest BCUT2D eigenvalue weighted by atomic mass is 19.1. The lowest BCUT2D eigenvalue weighted by Crippen LogP contribution is -2.27. The third-order valence-corrected chi connectivity index (χ3v) is 3.30. The Hall–Kier alpha value is -1.13. The normalized spacial score (nSPS) is 14.0. The van der Waals surface area contributed by atoms with Crippen molar-refractivity contribution in [1.29, 1.82) is 0 Å². The van der Waals surface area contributed by atoms with Crippen LogP contribution < -0.4 is 10.2 Å². The van der Waals surface area contributed by atoms with Gasteiger partial charge in [-0.05, 0) is 37.1 Å². The van der Waals surface area contributed by atoms with Crippen LogP contribution in [0.15, 0.2) is 18.2 Å². The Morgan fingerprint density at radius 3 is 3.11 bits per heavy atom. The van der Waals surface area contributed by atoms with Gasteiger partial charge in [-0.15, -0.1) is 0 Å². The summed E-state index contributed by atoms with van der Waals surface area (Å²) >= 11 is 0. The van der Waals surface area contributed by atoms with Crippen molar-refractivity contribution in [2.45, 2.75) is 12.8 Å². The highest BCUT2D eigenvalue weighted by Crippen LogP contribution is 2.28. The standard InChI is InChI=1S/C14H21FN2O/c1-18-10-7-16-6-2-8-17-9-5-12-3-4-13(15)11-14(12)17/h3-4,11,16H,2,5-10H2,1H3. The minimum absolute atomic E-state index is 0.140. The minimum atomic E-state index is -0.140. The van der Waals surface area contributed by atoms with E-state index in [1.165, 1.54) is 5.56 Å². The first-order valence-electron chi connectivity index (χ1n) is 6.54. The zero-order chi connectivity index (χ0) is 12.8. The van der Waals surface area contributed by atoms with Crippen molar-refractivity contribution >= 4 is 5.69 Å². The number of fused-ring (bicyclic) bond motifs is 1. The molecule has 0 amide bonds. The molecule has 1 aromatic rings. The van der Waals surface area contributed by atoms with Gasteiger partial charge in [0.05, 0.1) is 6.61 Å². The first kappa shape index (κ1) is 13.3. The van der Waals surface area contributed by atoms with Crippen molar-refractivity contribution in [1.82, 2.24) is 5.32 Å². The summed E-state index contributed by atoms with van der Waals surface area (Å²) in [5, 5.41) is 3.32. The zero-order valence-corrected chi connectivity index (χ0v) is 10.9. The Kier molecular flexibility index (Phi) is 4.96. The summed E-state index contributed by atoms with van der Waals surface area (Å²) in [6.45, 7) is 4.61. The van der Waals surface area contributed by atoms with Crippen molar-refractivity contribution in [2.75, 3.05) is 44.8 Å². The molecule has 0 bridgehead atoms. The number of hydrogen-bond acceptors (Lipinski definition) is 3. The number of anilines is 1. The van der Waals surface area contributed by atoms with Crippen LogP contribution in [0.3, 0.4) is 0 Å². The van der Waals surface area contributed by atoms with Crippen molar-refractivity contribution < 1.29 is 9.13 Å². The van der Waals surface area contributed by atoms with Crippen LogP contribution in [0.4, 0.5) is 10.1 Å². The van der Waals surface area contributed by atoms with Crippen molar-refractivity contribution in [3.05, 3.63) is 29.6 Å². The van der Waals surface area contributed by atoms with Crippen molar-refractivity contribution in [3.8, 4) is 0 Å². The molecule has 1 aliphatic heterocycles. The zero-order valence-electron chi connectivity index (χ0n) is 10.9. The SMILES string of the molecule is COCCNCCCN1CCc2ccc(F)cc21. The van der Waals surface area contributed by atoms with E-state index in [2.05, 4.69) is 10.2 Å². The molecule has 0 radical (unpaired) electrons. The quantitative estimate of drug-likeness (QED) is 0.749. The van der Waals surface area contributed by atoms with Crippen molar-refractivity contribution in [2.24, 2.45) is 0 Å². The fourth-order valence-electron chi connectivity index (χ4n) is 2.35. The molecule has 1 N–H and O–H groups in total. The number of ether oxygens (including phenoxy) is 1. The molecule has 0 atom stereocenters. The molecule has 0 aliphatic carbocycles. The molecule has 1 aliphatic rings. The van der Waals surface area contributed by atoms with Crippen LogP contribution in [0.25, 0.3) is 0 Å². The molecular weight excluding hydrogens is 231 g/mol. The second-order valence-corrected chi connectivity index (χ2v) is 4.61. The first-order chi connectivity index (χ1) is 8.81. The summed E-state index contributed by atoms with van der Waals surface area (Å²) in [5.74, 6) is -0.140. The van der Waals surface area contributed by atoms with Gasteiger partial charge in [0.25, 0.3) is 0 Å². The molecule has 2 rings (SSSR count). The molecule has 18 heavy (non-hydrogen) atoms. The van der Waals surface area contributed by atoms with Crippen LogP contribution in [0.5, 0.6) is 0 Å². The second-order valence-electron chi connectivity index (χ2n) is 4.61. The van der Waals surface area contributed by atoms with Gasteiger partial charge in [-0.2, -0.15) is 0 Å². The number of nitrogens with zero attached hydrogens (tertiary/aromatic N) is 1. The van der Waals surface area contributed by atoms with Crippen LogP contribution in [0.2, 0.25) is 0 Å². The lowest BCUT2D eigenvalue weighted by molar-refractivity contribution is 0.199. The van der Waals surface area contributed by atoms with E-state index in [1.54, 1.807) is 19.2 Å². The van der Waals surface area contributed by atoms with Crippen LogP contribution in [-0.2, 0) is 11.2 Å². The number of methoxy groups -OCH3 is 1. The fraction of sp³-hybridized carbons (Fsp3) is 0.571. The smallest absolute Gasteiger partial charge is 0.125 e. The predicted molar refractivity (Wildman–Crippen MR) is 71.7 cm³/mol. The van der Waals surface area contributed by atoms with Gasteiger partial charge >= 0.3 is 0 Å². The van der Waals surface area contributed by atoms with Gasteiger partial charge in [0.1, 0.15) is 5.82 Å². The summed E-state index contributed by atoms with van der Waals surface area (Å²) in [6.07, 6.45) is 2.10. The van der Waals surface area contributed by atoms with Gasteiger partial charge in [-0.25, -0.2) is 4.39 Å². The summed E-state index contributed by atoms with van der Waals surface area (Å²) in [4.78, 5) is 2.27. The molecule has 1 heterocycles. The molecule has 0 saturated carbocycles. The van der Waals surface area contributed by atoms with E-state index in [1.807, 2.05) is 6.07 Å². The van der Waals surface area contributed by atoms with Crippen LogP contribution in [0, 0.1) is 5.82 Å². The molecule has 0 aromatic heterocycles. The van der Waals surface area contributed by atoms with Crippen LogP contribution in [0.1, 0.15) is 12.0 Å². The molecule has 4 heteroatoms. The Morgan fingerprint density at radius 1 is 1.39 bits per heavy atom. The minimum Gasteiger partial charge on any atom is -0.383 e. The average molecular weight is 252 g/mol. The van der Waals surface area contributed by atoms with E-state index in [-0.39, 0.29) is 5.82 Å². The van der Waals surface area contributed by atoms with E-state index in [9.17, 15) is 4.39 Å². The van der Waals surface area contributed by atoms with Gasteiger partial charge in [-0.1, -0.05) is 6.07 Å². The van der Waals surface area contributed by atoms with E-state index in [0.29, 0.717) is 0 Å². The fourth-order valence-corrected chi connectivity index (χ4v) is 2.35. The lowest BCUT2D eigenvalue weighted by atomic mass is 10.2. The summed E-state index contributed by atoms with van der Waals surface area (Å²) < 4.78 is 18.2. The Morgan fingerprint density at radius 2 is 2.28 bits per heavy atom. The Bertz CT molecular complexity index is 384. The molecule has 0 unspecified atom stereocenters. The molecule has 0 fully saturated rings. The molecular formula is C14H21FN2O. The average Bonchev–Trinajstić information content (AvgIpc) is 2.76. The predicted octanol–water partition coefficient (Wildman–Crippen LogP) is 1.81. The molecule has 100 valence electrons. The highest BCUT2D eigenvalue weighted by molar-refractivity contribution is 5.58. The third-order valence-electron chi connectivity index (χ3n) is 3.30. The summed E-state index contributed by atoms with van der Waals surface area (Å²) in [7, 11) is 1.71. The Labute approximate surface area is 108 Å². The molecule has 1 aromatic carbocycles. The van der Waals surface area contributed by atoms with E-state index < -0.39 is 0 Å². The monoisotopic (exact) mass is 252 g/mol. The topological polar surface area (TPSA) is 24.5 Å². The number of hydrogen-bond donors (Lipinski definition) is 1. The van der Waals surface area contributed by atoms with E-state index in [0.717, 1.165) is 51.3 Å². The third kappa shape index (κ3) is 3.43. The maximum Gasteiger partial charge on any atom is 0.125 e. The van der Waals surface area contributed by atoms with Crippen molar-refractivity contribution in [3.63, 3.8) is 0 Å². The lowest BCUT2D eigenvalue weighted by Gasteiger charge is -2.19. The highest BCUT2D eigenvalue weighted by Gasteiger charge is 2.18. The molecule has 0 spiro atoms. The second kappa shape index (κ2) is 6.71. The van der Waals surface area contributed by atoms with Gasteiger partial charge in [-0.3, -0.25) is 0 Å². The number of rotatable bonds is 7. The first-order valence-corrected chi connectivity index (χ1v) is 6.54. The van der Waals surface area contributed by atoms with Gasteiger partial charge in [0, 0.05) is 32.4 Å². The van der Waals surface area contributed by atoms with Crippen LogP contribution >= 0.6 is 0 Å². The maximum atomic E-state index is 13.2. The van der Waals surface area contributed by atoms with Gasteiger partial charge < -0.3 is 15.0 Å². The number of halogens is 1. The molecule has 0 saturated heterocycles. The summed E-state index contributed by atoms with van der Waals surface area (Å²) in [6, 6.07) is 5.11. The van der Waals surface area contributed by atoms with E-state index >= 15 is 0 Å². The van der Waals surface area contributed by atoms with Crippen LogP contribution in [-0.4, -0.2) is 39.9 Å².